The maximum absolute atomic E-state index is 5.78. The highest BCUT2D eigenvalue weighted by Gasteiger charge is 2.09. The van der Waals surface area contributed by atoms with E-state index < -0.39 is 0 Å². The van der Waals surface area contributed by atoms with Gasteiger partial charge in [0.25, 0.3) is 0 Å². The first kappa shape index (κ1) is 15.1. The topological polar surface area (TPSA) is 60.2 Å². The van der Waals surface area contributed by atoms with Gasteiger partial charge in [-0.15, -0.1) is 10.2 Å². The standard InChI is InChI=1S/C18H19N3O2/c1-13(2)22-16-11-7-6-10-15(16)19-12-17-20-21-18(23-17)14-8-4-3-5-9-14/h3-11,13,19H,12H2,1-2H3. The number of ether oxygens (including phenoxy) is 1. The van der Waals surface area contributed by atoms with Gasteiger partial charge in [0.1, 0.15) is 5.75 Å². The van der Waals surface area contributed by atoms with Crippen LogP contribution in [0.5, 0.6) is 5.75 Å². The van der Waals surface area contributed by atoms with Gasteiger partial charge in [-0.05, 0) is 38.1 Å². The molecule has 0 amide bonds. The Morgan fingerprint density at radius 3 is 2.52 bits per heavy atom. The third-order valence-corrected chi connectivity index (χ3v) is 3.17. The molecule has 5 nitrogen and oxygen atoms in total. The number of aromatic nitrogens is 2. The molecule has 0 aliphatic heterocycles. The lowest BCUT2D eigenvalue weighted by molar-refractivity contribution is 0.243. The number of rotatable bonds is 6. The first-order chi connectivity index (χ1) is 11.2. The van der Waals surface area contributed by atoms with Crippen LogP contribution in [0.1, 0.15) is 19.7 Å². The van der Waals surface area contributed by atoms with E-state index in [1.807, 2.05) is 68.4 Å². The monoisotopic (exact) mass is 309 g/mol. The van der Waals surface area contributed by atoms with Gasteiger partial charge < -0.3 is 14.5 Å². The molecule has 0 fully saturated rings. The van der Waals surface area contributed by atoms with Gasteiger partial charge in [0.15, 0.2) is 0 Å². The second-order valence-corrected chi connectivity index (χ2v) is 5.38. The summed E-state index contributed by atoms with van der Waals surface area (Å²) in [7, 11) is 0. The van der Waals surface area contributed by atoms with Gasteiger partial charge in [-0.1, -0.05) is 30.3 Å². The van der Waals surface area contributed by atoms with E-state index in [9.17, 15) is 0 Å². The second-order valence-electron chi connectivity index (χ2n) is 5.38. The quantitative estimate of drug-likeness (QED) is 0.741. The Bertz CT molecular complexity index is 754. The highest BCUT2D eigenvalue weighted by Crippen LogP contribution is 2.25. The predicted molar refractivity (Wildman–Crippen MR) is 89.3 cm³/mol. The van der Waals surface area contributed by atoms with Gasteiger partial charge in [-0.2, -0.15) is 0 Å². The summed E-state index contributed by atoms with van der Waals surface area (Å²) in [5.74, 6) is 1.86. The van der Waals surface area contributed by atoms with E-state index in [4.69, 9.17) is 9.15 Å². The summed E-state index contributed by atoms with van der Waals surface area (Å²) in [5.41, 5.74) is 1.82. The molecule has 5 heteroatoms. The Balaban J connectivity index is 1.69. The van der Waals surface area contributed by atoms with Crippen molar-refractivity contribution < 1.29 is 9.15 Å². The molecule has 0 saturated heterocycles. The fourth-order valence-electron chi connectivity index (χ4n) is 2.16. The lowest BCUT2D eigenvalue weighted by atomic mass is 10.2. The first-order valence-electron chi connectivity index (χ1n) is 7.60. The maximum Gasteiger partial charge on any atom is 0.247 e. The van der Waals surface area contributed by atoms with Gasteiger partial charge >= 0.3 is 0 Å². The van der Waals surface area contributed by atoms with Gasteiger partial charge in [-0.3, -0.25) is 0 Å². The third kappa shape index (κ3) is 3.88. The molecule has 0 saturated carbocycles. The van der Waals surface area contributed by atoms with Crippen LogP contribution in [0.3, 0.4) is 0 Å². The number of hydrogen-bond acceptors (Lipinski definition) is 5. The lowest BCUT2D eigenvalue weighted by Crippen LogP contribution is -2.08. The summed E-state index contributed by atoms with van der Waals surface area (Å²) in [4.78, 5) is 0. The molecule has 3 aromatic rings. The van der Waals surface area contributed by atoms with Crippen molar-refractivity contribution in [3.63, 3.8) is 0 Å². The number of nitrogens with zero attached hydrogens (tertiary/aromatic N) is 2. The fraction of sp³-hybridized carbons (Fsp3) is 0.222. The Morgan fingerprint density at radius 2 is 1.74 bits per heavy atom. The van der Waals surface area contributed by atoms with Crippen molar-refractivity contribution in [3.05, 3.63) is 60.5 Å². The lowest BCUT2D eigenvalue weighted by Gasteiger charge is -2.14. The molecule has 1 aromatic heterocycles. The zero-order valence-electron chi connectivity index (χ0n) is 13.2. The number of anilines is 1. The van der Waals surface area contributed by atoms with Crippen LogP contribution in [0.4, 0.5) is 5.69 Å². The fourth-order valence-corrected chi connectivity index (χ4v) is 2.16. The van der Waals surface area contributed by atoms with Gasteiger partial charge in [0.2, 0.25) is 11.8 Å². The molecular weight excluding hydrogens is 290 g/mol. The minimum atomic E-state index is 0.117. The van der Waals surface area contributed by atoms with E-state index in [1.54, 1.807) is 0 Å². The van der Waals surface area contributed by atoms with E-state index in [1.165, 1.54) is 0 Å². The van der Waals surface area contributed by atoms with Gasteiger partial charge in [0, 0.05) is 5.56 Å². The summed E-state index contributed by atoms with van der Waals surface area (Å²) >= 11 is 0. The first-order valence-corrected chi connectivity index (χ1v) is 7.60. The normalized spacial score (nSPS) is 10.7. The van der Waals surface area contributed by atoms with Crippen molar-refractivity contribution in [1.82, 2.24) is 10.2 Å². The minimum absolute atomic E-state index is 0.117. The molecule has 0 aliphatic carbocycles. The van der Waals surface area contributed by atoms with E-state index in [0.29, 0.717) is 18.3 Å². The highest BCUT2D eigenvalue weighted by molar-refractivity contribution is 5.56. The molecule has 118 valence electrons. The number of benzene rings is 2. The molecule has 1 N–H and O–H groups in total. The number of nitrogens with one attached hydrogen (secondary N) is 1. The van der Waals surface area contributed by atoms with Gasteiger partial charge in [0.05, 0.1) is 18.3 Å². The van der Waals surface area contributed by atoms with Crippen molar-refractivity contribution in [2.75, 3.05) is 5.32 Å². The van der Waals surface area contributed by atoms with E-state index >= 15 is 0 Å². The summed E-state index contributed by atoms with van der Waals surface area (Å²) in [6, 6.07) is 17.5. The smallest absolute Gasteiger partial charge is 0.247 e. The zero-order chi connectivity index (χ0) is 16.1. The predicted octanol–water partition coefficient (Wildman–Crippen LogP) is 4.14. The van der Waals surface area contributed by atoms with E-state index in [-0.39, 0.29) is 6.10 Å². The van der Waals surface area contributed by atoms with Crippen molar-refractivity contribution in [1.29, 1.82) is 0 Å². The van der Waals surface area contributed by atoms with Crippen LogP contribution < -0.4 is 10.1 Å². The van der Waals surface area contributed by atoms with Crippen molar-refractivity contribution >= 4 is 5.69 Å². The van der Waals surface area contributed by atoms with Crippen LogP contribution in [0.2, 0.25) is 0 Å². The average molecular weight is 309 g/mol. The number of para-hydroxylation sites is 2. The van der Waals surface area contributed by atoms with Crippen LogP contribution in [0.25, 0.3) is 11.5 Å². The average Bonchev–Trinajstić information content (AvgIpc) is 3.03. The third-order valence-electron chi connectivity index (χ3n) is 3.17. The molecule has 0 bridgehead atoms. The van der Waals surface area contributed by atoms with Crippen molar-refractivity contribution in [2.45, 2.75) is 26.5 Å². The summed E-state index contributed by atoms with van der Waals surface area (Å²) < 4.78 is 11.5. The van der Waals surface area contributed by atoms with Crippen LogP contribution in [-0.4, -0.2) is 16.3 Å². The highest BCUT2D eigenvalue weighted by atomic mass is 16.5. The SMILES string of the molecule is CC(C)Oc1ccccc1NCc1nnc(-c2ccccc2)o1. The zero-order valence-corrected chi connectivity index (χ0v) is 13.2. The Labute approximate surface area is 135 Å². The molecule has 0 spiro atoms. The molecule has 23 heavy (non-hydrogen) atoms. The van der Waals surface area contributed by atoms with E-state index in [0.717, 1.165) is 17.0 Å². The van der Waals surface area contributed by atoms with Crippen LogP contribution in [0, 0.1) is 0 Å². The van der Waals surface area contributed by atoms with Crippen LogP contribution in [0.15, 0.2) is 59.0 Å². The Hall–Kier alpha value is -2.82. The second kappa shape index (κ2) is 6.96. The molecule has 0 atom stereocenters. The molecule has 2 aromatic carbocycles. The molecular formula is C18H19N3O2. The largest absolute Gasteiger partial charge is 0.489 e. The summed E-state index contributed by atoms with van der Waals surface area (Å²) in [5, 5.41) is 11.4. The molecule has 0 unspecified atom stereocenters. The minimum Gasteiger partial charge on any atom is -0.489 e. The van der Waals surface area contributed by atoms with Crippen LogP contribution >= 0.6 is 0 Å². The Morgan fingerprint density at radius 1 is 1.00 bits per heavy atom. The van der Waals surface area contributed by atoms with Crippen molar-refractivity contribution in [3.8, 4) is 17.2 Å². The molecule has 3 rings (SSSR count). The molecule has 1 heterocycles. The van der Waals surface area contributed by atoms with Crippen LogP contribution in [-0.2, 0) is 6.54 Å². The molecule has 0 radical (unpaired) electrons. The summed E-state index contributed by atoms with van der Waals surface area (Å²) in [6.07, 6.45) is 0.117. The molecule has 0 aliphatic rings. The maximum atomic E-state index is 5.78. The van der Waals surface area contributed by atoms with Crippen molar-refractivity contribution in [2.24, 2.45) is 0 Å². The van der Waals surface area contributed by atoms with E-state index in [2.05, 4.69) is 15.5 Å². The Kier molecular flexibility index (Phi) is 4.57. The number of hydrogen-bond donors (Lipinski definition) is 1. The van der Waals surface area contributed by atoms with Gasteiger partial charge in [-0.25, -0.2) is 0 Å². The summed E-state index contributed by atoms with van der Waals surface area (Å²) in [6.45, 7) is 4.44.